The molecule has 1 saturated heterocycles. The highest BCUT2D eigenvalue weighted by atomic mass is 35.5. The van der Waals surface area contributed by atoms with Crippen LogP contribution in [0.5, 0.6) is 0 Å². The van der Waals surface area contributed by atoms with Crippen LogP contribution in [0.4, 0.5) is 4.39 Å². The first-order chi connectivity index (χ1) is 8.07. The summed E-state index contributed by atoms with van der Waals surface area (Å²) >= 11 is 0. The predicted octanol–water partition coefficient (Wildman–Crippen LogP) is 1.77. The van der Waals surface area contributed by atoms with E-state index in [0.717, 1.165) is 18.5 Å². The lowest BCUT2D eigenvalue weighted by Gasteiger charge is -2.19. The van der Waals surface area contributed by atoms with Gasteiger partial charge in [-0.1, -0.05) is 12.1 Å². The van der Waals surface area contributed by atoms with E-state index in [9.17, 15) is 9.18 Å². The summed E-state index contributed by atoms with van der Waals surface area (Å²) in [5.41, 5.74) is 6.65. The number of nitrogens with zero attached hydrogens (tertiary/aromatic N) is 1. The van der Waals surface area contributed by atoms with Crippen molar-refractivity contribution in [1.29, 1.82) is 0 Å². The zero-order valence-electron chi connectivity index (χ0n) is 10.3. The van der Waals surface area contributed by atoms with Crippen LogP contribution in [0.3, 0.4) is 0 Å². The smallest absolute Gasteiger partial charge is 0.227 e. The van der Waals surface area contributed by atoms with E-state index in [-0.39, 0.29) is 48.5 Å². The number of nitrogens with two attached hydrogens (primary N) is 1. The van der Waals surface area contributed by atoms with Crippen molar-refractivity contribution in [3.05, 3.63) is 35.6 Å². The Morgan fingerprint density at radius 3 is 2.79 bits per heavy atom. The third kappa shape index (κ3) is 3.19. The molecule has 1 heterocycles. The lowest BCUT2D eigenvalue weighted by atomic mass is 10.1. The lowest BCUT2D eigenvalue weighted by molar-refractivity contribution is -0.130. The molecule has 0 radical (unpaired) electrons. The number of piperidine rings is 1. The van der Waals surface area contributed by atoms with Crippen molar-refractivity contribution in [2.24, 2.45) is 11.7 Å². The predicted molar refractivity (Wildman–Crippen MR) is 76.2 cm³/mol. The van der Waals surface area contributed by atoms with Gasteiger partial charge in [-0.05, 0) is 30.0 Å². The molecular formula is C13H17Cl2FN2O. The van der Waals surface area contributed by atoms with Crippen molar-refractivity contribution < 1.29 is 9.18 Å². The van der Waals surface area contributed by atoms with Crippen LogP contribution in [0.15, 0.2) is 24.3 Å². The van der Waals surface area contributed by atoms with Gasteiger partial charge in [-0.2, -0.15) is 0 Å². The summed E-state index contributed by atoms with van der Waals surface area (Å²) in [5.74, 6) is 0.237. The Morgan fingerprint density at radius 1 is 1.47 bits per heavy atom. The normalized spacial score (nSPS) is 27.1. The summed E-state index contributed by atoms with van der Waals surface area (Å²) < 4.78 is 13.0. The fourth-order valence-electron chi connectivity index (χ4n) is 2.65. The Kier molecular flexibility index (Phi) is 4.82. The summed E-state index contributed by atoms with van der Waals surface area (Å²) in [6.45, 7) is 1.43. The molecule has 1 aromatic rings. The second kappa shape index (κ2) is 5.65. The molecule has 106 valence electrons. The van der Waals surface area contributed by atoms with Crippen molar-refractivity contribution in [2.45, 2.75) is 18.4 Å². The Bertz CT molecular complexity index is 485. The van der Waals surface area contributed by atoms with Gasteiger partial charge in [0.1, 0.15) is 5.82 Å². The van der Waals surface area contributed by atoms with Gasteiger partial charge in [0.05, 0.1) is 6.42 Å². The van der Waals surface area contributed by atoms with Gasteiger partial charge in [-0.3, -0.25) is 4.79 Å². The number of carbonyl (C=O) groups excluding carboxylic acids is 1. The Hall–Kier alpha value is -0.840. The highest BCUT2D eigenvalue weighted by molar-refractivity contribution is 5.85. The quantitative estimate of drug-likeness (QED) is 0.905. The Labute approximate surface area is 124 Å². The number of likely N-dealkylation sites (tertiary alicyclic amines) is 1. The summed E-state index contributed by atoms with van der Waals surface area (Å²) in [6, 6.07) is 6.20. The number of rotatable bonds is 2. The van der Waals surface area contributed by atoms with Crippen LogP contribution < -0.4 is 5.73 Å². The average Bonchev–Trinajstić information content (AvgIpc) is 2.77. The number of hydrogen-bond donors (Lipinski definition) is 1. The molecule has 1 aromatic carbocycles. The monoisotopic (exact) mass is 306 g/mol. The lowest BCUT2D eigenvalue weighted by Crippen LogP contribution is -2.37. The van der Waals surface area contributed by atoms with E-state index in [1.54, 1.807) is 17.0 Å². The second-order valence-electron chi connectivity index (χ2n) is 5.22. The molecule has 3 rings (SSSR count). The van der Waals surface area contributed by atoms with Crippen molar-refractivity contribution >= 4 is 30.7 Å². The minimum atomic E-state index is -0.296. The molecular weight excluding hydrogens is 290 g/mol. The van der Waals surface area contributed by atoms with Crippen LogP contribution in [0, 0.1) is 11.7 Å². The number of hydrogen-bond acceptors (Lipinski definition) is 2. The summed E-state index contributed by atoms with van der Waals surface area (Å²) in [6.07, 6.45) is 1.30. The van der Waals surface area contributed by atoms with Crippen LogP contribution in [0.25, 0.3) is 0 Å². The molecule has 1 aliphatic carbocycles. The molecule has 2 unspecified atom stereocenters. The van der Waals surface area contributed by atoms with Crippen molar-refractivity contribution in [1.82, 2.24) is 4.90 Å². The molecule has 2 aliphatic rings. The van der Waals surface area contributed by atoms with E-state index in [1.807, 2.05) is 0 Å². The Morgan fingerprint density at radius 2 is 2.21 bits per heavy atom. The fourth-order valence-corrected chi connectivity index (χ4v) is 2.65. The molecule has 0 spiro atoms. The van der Waals surface area contributed by atoms with Crippen LogP contribution in [-0.4, -0.2) is 29.4 Å². The molecule has 2 N–H and O–H groups in total. The maximum absolute atomic E-state index is 13.0. The third-order valence-electron chi connectivity index (χ3n) is 3.80. The average molecular weight is 307 g/mol. The van der Waals surface area contributed by atoms with E-state index in [0.29, 0.717) is 12.5 Å². The van der Waals surface area contributed by atoms with Crippen molar-refractivity contribution in [3.63, 3.8) is 0 Å². The standard InChI is InChI=1S/C13H15FN2O.2ClH/c14-11-3-1-2-9(4-11)5-12(17)16-7-10-6-13(10,15)8-16;;/h1-4,10H,5-8,15H2;2*1H. The summed E-state index contributed by atoms with van der Waals surface area (Å²) in [7, 11) is 0. The molecule has 3 nitrogen and oxygen atoms in total. The number of carbonyl (C=O) groups is 1. The zero-order valence-corrected chi connectivity index (χ0v) is 12.0. The van der Waals surface area contributed by atoms with E-state index < -0.39 is 0 Å². The molecule has 19 heavy (non-hydrogen) atoms. The van der Waals surface area contributed by atoms with E-state index >= 15 is 0 Å². The maximum atomic E-state index is 13.0. The molecule has 0 bridgehead atoms. The van der Waals surface area contributed by atoms with E-state index in [4.69, 9.17) is 5.73 Å². The van der Waals surface area contributed by atoms with Gasteiger partial charge in [-0.15, -0.1) is 24.8 Å². The summed E-state index contributed by atoms with van der Waals surface area (Å²) in [4.78, 5) is 13.8. The van der Waals surface area contributed by atoms with Crippen molar-refractivity contribution in [3.8, 4) is 0 Å². The van der Waals surface area contributed by atoms with Gasteiger partial charge in [0.15, 0.2) is 0 Å². The molecule has 1 saturated carbocycles. The topological polar surface area (TPSA) is 46.3 Å². The van der Waals surface area contributed by atoms with Gasteiger partial charge < -0.3 is 10.6 Å². The minimum absolute atomic E-state index is 0. The van der Waals surface area contributed by atoms with E-state index in [1.165, 1.54) is 12.1 Å². The highest BCUT2D eigenvalue weighted by Gasteiger charge is 2.58. The maximum Gasteiger partial charge on any atom is 0.227 e. The number of fused-ring (bicyclic) bond motifs is 1. The number of benzene rings is 1. The molecule has 1 aliphatic heterocycles. The van der Waals surface area contributed by atoms with Crippen LogP contribution in [-0.2, 0) is 11.2 Å². The SMILES string of the molecule is Cl.Cl.NC12CC1CN(C(=O)Cc1cccc(F)c1)C2. The first-order valence-electron chi connectivity index (χ1n) is 5.88. The van der Waals surface area contributed by atoms with Crippen LogP contribution in [0.1, 0.15) is 12.0 Å². The van der Waals surface area contributed by atoms with Crippen LogP contribution >= 0.6 is 24.8 Å². The van der Waals surface area contributed by atoms with Gasteiger partial charge in [-0.25, -0.2) is 4.39 Å². The van der Waals surface area contributed by atoms with Gasteiger partial charge in [0.25, 0.3) is 0 Å². The van der Waals surface area contributed by atoms with Gasteiger partial charge in [0, 0.05) is 18.6 Å². The third-order valence-corrected chi connectivity index (χ3v) is 3.80. The summed E-state index contributed by atoms with van der Waals surface area (Å²) in [5, 5.41) is 0. The molecule has 1 amide bonds. The zero-order chi connectivity index (χ0) is 12.0. The second-order valence-corrected chi connectivity index (χ2v) is 5.22. The van der Waals surface area contributed by atoms with E-state index in [2.05, 4.69) is 0 Å². The van der Waals surface area contributed by atoms with Crippen molar-refractivity contribution in [2.75, 3.05) is 13.1 Å². The molecule has 2 fully saturated rings. The molecule has 0 aromatic heterocycles. The Balaban J connectivity index is 0.000000902. The first-order valence-corrected chi connectivity index (χ1v) is 5.88. The minimum Gasteiger partial charge on any atom is -0.340 e. The highest BCUT2D eigenvalue weighted by Crippen LogP contribution is 2.47. The largest absolute Gasteiger partial charge is 0.340 e. The molecule has 6 heteroatoms. The van der Waals surface area contributed by atoms with Gasteiger partial charge >= 0.3 is 0 Å². The fraction of sp³-hybridized carbons (Fsp3) is 0.462. The molecule has 2 atom stereocenters. The van der Waals surface area contributed by atoms with Gasteiger partial charge in [0.2, 0.25) is 5.91 Å². The first kappa shape index (κ1) is 16.2. The van der Waals surface area contributed by atoms with Crippen LogP contribution in [0.2, 0.25) is 0 Å². The number of amides is 1. The number of halogens is 3.